The molecule has 0 saturated heterocycles. The van der Waals surface area contributed by atoms with Crippen LogP contribution in [0.25, 0.3) is 0 Å². The zero-order chi connectivity index (χ0) is 19.1. The van der Waals surface area contributed by atoms with Crippen molar-refractivity contribution in [3.05, 3.63) is 57.9 Å². The van der Waals surface area contributed by atoms with E-state index in [-0.39, 0.29) is 28.9 Å². The van der Waals surface area contributed by atoms with E-state index in [4.69, 9.17) is 4.74 Å². The number of Topliss-reactive ketones (excluding diaryl/α,β-unsaturated/α-hetero) is 1. The zero-order valence-corrected chi connectivity index (χ0v) is 14.4. The summed E-state index contributed by atoms with van der Waals surface area (Å²) in [5, 5.41) is 3.03. The van der Waals surface area contributed by atoms with E-state index in [1.54, 1.807) is 6.92 Å². The Hall–Kier alpha value is -2.57. The van der Waals surface area contributed by atoms with Gasteiger partial charge in [-0.15, -0.1) is 0 Å². The van der Waals surface area contributed by atoms with Crippen LogP contribution in [-0.4, -0.2) is 18.9 Å². The lowest BCUT2D eigenvalue weighted by Gasteiger charge is -2.35. The largest absolute Gasteiger partial charge is 0.466 e. The SMILES string of the molecule is COC(=O)C1=C(C)NC2=C(C(=O)CCC2)[C@@H]1c1ccccc1C(F)(F)F. The average molecular weight is 365 g/mol. The Labute approximate surface area is 148 Å². The van der Waals surface area contributed by atoms with Gasteiger partial charge in [-0.3, -0.25) is 4.79 Å². The molecule has 138 valence electrons. The number of hydrogen-bond donors (Lipinski definition) is 1. The van der Waals surface area contributed by atoms with E-state index in [0.717, 1.165) is 6.07 Å². The first-order valence-electron chi connectivity index (χ1n) is 8.24. The summed E-state index contributed by atoms with van der Waals surface area (Å²) in [6, 6.07) is 5.06. The predicted molar refractivity (Wildman–Crippen MR) is 87.9 cm³/mol. The van der Waals surface area contributed by atoms with Crippen molar-refractivity contribution in [1.29, 1.82) is 0 Å². The van der Waals surface area contributed by atoms with Crippen molar-refractivity contribution < 1.29 is 27.5 Å². The quantitative estimate of drug-likeness (QED) is 0.809. The van der Waals surface area contributed by atoms with Crippen LogP contribution < -0.4 is 5.32 Å². The van der Waals surface area contributed by atoms with Crippen LogP contribution in [0.4, 0.5) is 13.2 Å². The fourth-order valence-electron chi connectivity index (χ4n) is 3.68. The summed E-state index contributed by atoms with van der Waals surface area (Å²) in [6.07, 6.45) is -3.18. The highest BCUT2D eigenvalue weighted by molar-refractivity contribution is 6.03. The second-order valence-corrected chi connectivity index (χ2v) is 6.34. The summed E-state index contributed by atoms with van der Waals surface area (Å²) in [4.78, 5) is 25.0. The molecular formula is C19H18F3NO3. The predicted octanol–water partition coefficient (Wildman–Crippen LogP) is 3.85. The number of nitrogens with one attached hydrogen (secondary N) is 1. The number of rotatable bonds is 2. The van der Waals surface area contributed by atoms with Gasteiger partial charge in [-0.05, 0) is 31.4 Å². The molecule has 0 bridgehead atoms. The highest BCUT2D eigenvalue weighted by Crippen LogP contribution is 2.46. The number of hydrogen-bond acceptors (Lipinski definition) is 4. The number of ether oxygens (including phenoxy) is 1. The van der Waals surface area contributed by atoms with Crippen molar-refractivity contribution in [3.8, 4) is 0 Å². The van der Waals surface area contributed by atoms with Crippen molar-refractivity contribution in [3.63, 3.8) is 0 Å². The number of halogens is 3. The summed E-state index contributed by atoms with van der Waals surface area (Å²) in [5.41, 5.74) is 0.313. The number of benzene rings is 1. The first kappa shape index (κ1) is 18.2. The normalized spacial score (nSPS) is 20.7. The van der Waals surface area contributed by atoms with Gasteiger partial charge in [-0.1, -0.05) is 18.2 Å². The van der Waals surface area contributed by atoms with Crippen molar-refractivity contribution in [1.82, 2.24) is 5.32 Å². The highest BCUT2D eigenvalue weighted by Gasteiger charge is 2.43. The first-order chi connectivity index (χ1) is 12.3. The maximum absolute atomic E-state index is 13.6. The van der Waals surface area contributed by atoms with E-state index in [9.17, 15) is 22.8 Å². The second kappa shape index (κ2) is 6.63. The zero-order valence-electron chi connectivity index (χ0n) is 14.4. The first-order valence-corrected chi connectivity index (χ1v) is 8.24. The Morgan fingerprint density at radius 2 is 1.92 bits per heavy atom. The van der Waals surface area contributed by atoms with Crippen LogP contribution in [0.5, 0.6) is 0 Å². The summed E-state index contributed by atoms with van der Waals surface area (Å²) in [7, 11) is 1.17. The Morgan fingerprint density at radius 1 is 1.23 bits per heavy atom. The highest BCUT2D eigenvalue weighted by atomic mass is 19.4. The maximum atomic E-state index is 13.6. The molecule has 0 unspecified atom stereocenters. The molecule has 1 aliphatic carbocycles. The minimum atomic E-state index is -4.60. The molecule has 0 radical (unpaired) electrons. The lowest BCUT2D eigenvalue weighted by atomic mass is 9.74. The molecule has 2 aliphatic rings. The van der Waals surface area contributed by atoms with Crippen LogP contribution in [0, 0.1) is 0 Å². The molecule has 1 aliphatic heterocycles. The summed E-state index contributed by atoms with van der Waals surface area (Å²) in [5.74, 6) is -2.08. The van der Waals surface area contributed by atoms with Gasteiger partial charge in [0.05, 0.1) is 18.2 Å². The molecule has 26 heavy (non-hydrogen) atoms. The van der Waals surface area contributed by atoms with E-state index >= 15 is 0 Å². The molecule has 1 aromatic rings. The van der Waals surface area contributed by atoms with Gasteiger partial charge in [-0.2, -0.15) is 13.2 Å². The van der Waals surface area contributed by atoms with Gasteiger partial charge in [0.1, 0.15) is 0 Å². The summed E-state index contributed by atoms with van der Waals surface area (Å²) < 4.78 is 45.5. The number of ketones is 1. The number of carbonyl (C=O) groups excluding carboxylic acids is 2. The van der Waals surface area contributed by atoms with Crippen LogP contribution in [0.15, 0.2) is 46.8 Å². The van der Waals surface area contributed by atoms with E-state index in [0.29, 0.717) is 24.2 Å². The van der Waals surface area contributed by atoms with Gasteiger partial charge in [0.25, 0.3) is 0 Å². The Kier molecular flexibility index (Phi) is 4.64. The summed E-state index contributed by atoms with van der Waals surface area (Å²) in [6.45, 7) is 1.61. The van der Waals surface area contributed by atoms with Gasteiger partial charge in [0.15, 0.2) is 5.78 Å². The fraction of sp³-hybridized carbons (Fsp3) is 0.368. The lowest BCUT2D eigenvalue weighted by molar-refractivity contribution is -0.139. The topological polar surface area (TPSA) is 55.4 Å². The standard InChI is InChI=1S/C19H18F3NO3/c1-10-15(18(25)26-2)16(17-13(23-10)8-5-9-14(17)24)11-6-3-4-7-12(11)19(20,21)22/h3-4,6-7,16,23H,5,8-9H2,1-2H3/t16-/m1/s1. The van der Waals surface area contributed by atoms with E-state index in [2.05, 4.69) is 5.32 Å². The van der Waals surface area contributed by atoms with E-state index in [1.807, 2.05) is 0 Å². The lowest BCUT2D eigenvalue weighted by Crippen LogP contribution is -2.35. The third-order valence-corrected chi connectivity index (χ3v) is 4.76. The third-order valence-electron chi connectivity index (χ3n) is 4.76. The molecule has 0 spiro atoms. The Balaban J connectivity index is 2.29. The molecular weight excluding hydrogens is 347 g/mol. The summed E-state index contributed by atoms with van der Waals surface area (Å²) >= 11 is 0. The van der Waals surface area contributed by atoms with Crippen LogP contribution >= 0.6 is 0 Å². The number of esters is 1. The Bertz CT molecular complexity index is 837. The van der Waals surface area contributed by atoms with Crippen molar-refractivity contribution >= 4 is 11.8 Å². The Morgan fingerprint density at radius 3 is 2.58 bits per heavy atom. The second-order valence-electron chi connectivity index (χ2n) is 6.34. The molecule has 1 aromatic carbocycles. The molecule has 1 heterocycles. The van der Waals surface area contributed by atoms with Gasteiger partial charge in [0, 0.05) is 29.3 Å². The third kappa shape index (κ3) is 3.02. The van der Waals surface area contributed by atoms with Crippen LogP contribution in [0.3, 0.4) is 0 Å². The van der Waals surface area contributed by atoms with Crippen molar-refractivity contribution in [2.24, 2.45) is 0 Å². The van der Waals surface area contributed by atoms with Gasteiger partial charge >= 0.3 is 12.1 Å². The van der Waals surface area contributed by atoms with Crippen LogP contribution in [0.2, 0.25) is 0 Å². The minimum absolute atomic E-state index is 0.0400. The minimum Gasteiger partial charge on any atom is -0.466 e. The fourth-order valence-corrected chi connectivity index (χ4v) is 3.68. The number of methoxy groups -OCH3 is 1. The molecule has 7 heteroatoms. The number of alkyl halides is 3. The molecule has 1 atom stereocenters. The molecule has 1 N–H and O–H groups in total. The maximum Gasteiger partial charge on any atom is 0.416 e. The molecule has 0 fully saturated rings. The number of carbonyl (C=O) groups is 2. The molecule has 0 amide bonds. The van der Waals surface area contributed by atoms with E-state index < -0.39 is 23.6 Å². The molecule has 0 saturated carbocycles. The van der Waals surface area contributed by atoms with Crippen molar-refractivity contribution in [2.45, 2.75) is 38.3 Å². The smallest absolute Gasteiger partial charge is 0.416 e. The molecule has 4 nitrogen and oxygen atoms in total. The molecule has 0 aromatic heterocycles. The monoisotopic (exact) mass is 365 g/mol. The van der Waals surface area contributed by atoms with Gasteiger partial charge in [0.2, 0.25) is 0 Å². The molecule has 3 rings (SSSR count). The van der Waals surface area contributed by atoms with Gasteiger partial charge in [-0.25, -0.2) is 4.79 Å². The van der Waals surface area contributed by atoms with Gasteiger partial charge < -0.3 is 10.1 Å². The number of dihydropyridines is 1. The number of allylic oxidation sites excluding steroid dienone is 3. The van der Waals surface area contributed by atoms with Crippen molar-refractivity contribution in [2.75, 3.05) is 7.11 Å². The average Bonchev–Trinajstić information content (AvgIpc) is 2.59. The van der Waals surface area contributed by atoms with E-state index in [1.165, 1.54) is 25.3 Å². The van der Waals surface area contributed by atoms with Crippen LogP contribution in [0.1, 0.15) is 43.2 Å². The van der Waals surface area contributed by atoms with Crippen LogP contribution in [-0.2, 0) is 20.5 Å².